The van der Waals surface area contributed by atoms with E-state index >= 15 is 0 Å². The van der Waals surface area contributed by atoms with E-state index in [1.807, 2.05) is 43.5 Å². The molecule has 3 aromatic heterocycles. The van der Waals surface area contributed by atoms with Crippen LogP contribution in [0.1, 0.15) is 36.0 Å². The highest BCUT2D eigenvalue weighted by atomic mass is 32.2. The lowest BCUT2D eigenvalue weighted by Gasteiger charge is -2.11. The lowest BCUT2D eigenvalue weighted by molar-refractivity contribution is -0.116. The number of nitrogens with zero attached hydrogens (tertiary/aromatic N) is 4. The Morgan fingerprint density at radius 2 is 2.08 bits per heavy atom. The summed E-state index contributed by atoms with van der Waals surface area (Å²) in [7, 11) is 0. The van der Waals surface area contributed by atoms with Gasteiger partial charge in [0, 0.05) is 23.9 Å². The van der Waals surface area contributed by atoms with Gasteiger partial charge in [0.2, 0.25) is 5.91 Å². The van der Waals surface area contributed by atoms with Crippen LogP contribution < -0.4 is 5.32 Å². The smallest absolute Gasteiger partial charge is 0.224 e. The number of carbonyl (C=O) groups is 1. The van der Waals surface area contributed by atoms with E-state index in [1.54, 1.807) is 18.0 Å². The maximum atomic E-state index is 12.3. The normalized spacial score (nSPS) is 11.1. The van der Waals surface area contributed by atoms with Crippen molar-refractivity contribution in [3.63, 3.8) is 0 Å². The zero-order valence-electron chi connectivity index (χ0n) is 15.5. The molecule has 0 aliphatic carbocycles. The van der Waals surface area contributed by atoms with Crippen LogP contribution in [0.15, 0.2) is 29.4 Å². The van der Waals surface area contributed by atoms with Gasteiger partial charge in [0.15, 0.2) is 5.65 Å². The van der Waals surface area contributed by atoms with Crippen molar-refractivity contribution < 1.29 is 4.79 Å². The summed E-state index contributed by atoms with van der Waals surface area (Å²) in [5.74, 6) is 0.948. The van der Waals surface area contributed by atoms with E-state index in [-0.39, 0.29) is 5.91 Å². The first-order chi connectivity index (χ1) is 12.5. The second-order valence-corrected chi connectivity index (χ2v) is 7.47. The minimum Gasteiger partial charge on any atom is -0.325 e. The van der Waals surface area contributed by atoms with Crippen LogP contribution >= 0.6 is 11.8 Å². The summed E-state index contributed by atoms with van der Waals surface area (Å²) in [6, 6.07) is 5.78. The fourth-order valence-corrected chi connectivity index (χ4v) is 3.54. The molecular formula is C19H23N5OS. The summed E-state index contributed by atoms with van der Waals surface area (Å²) in [5, 5.41) is 8.35. The highest BCUT2D eigenvalue weighted by molar-refractivity contribution is 7.99. The molecule has 0 fully saturated rings. The first-order valence-corrected chi connectivity index (χ1v) is 9.67. The van der Waals surface area contributed by atoms with Gasteiger partial charge < -0.3 is 5.32 Å². The molecule has 3 aromatic rings. The van der Waals surface area contributed by atoms with E-state index < -0.39 is 0 Å². The number of thioether (sulfide) groups is 1. The van der Waals surface area contributed by atoms with E-state index in [1.165, 1.54) is 0 Å². The number of rotatable bonds is 6. The molecule has 0 radical (unpaired) electrons. The van der Waals surface area contributed by atoms with E-state index in [4.69, 9.17) is 0 Å². The van der Waals surface area contributed by atoms with Crippen LogP contribution in [0.25, 0.3) is 5.65 Å². The number of amides is 1. The molecule has 0 aliphatic rings. The summed E-state index contributed by atoms with van der Waals surface area (Å²) in [6.45, 7) is 8.05. The van der Waals surface area contributed by atoms with Gasteiger partial charge in [-0.2, -0.15) is 5.10 Å². The van der Waals surface area contributed by atoms with Crippen molar-refractivity contribution in [2.45, 2.75) is 45.6 Å². The van der Waals surface area contributed by atoms with Crippen molar-refractivity contribution in [3.05, 3.63) is 47.0 Å². The maximum Gasteiger partial charge on any atom is 0.224 e. The Bertz CT molecular complexity index is 933. The summed E-state index contributed by atoms with van der Waals surface area (Å²) < 4.78 is 1.85. The van der Waals surface area contributed by atoms with Crippen molar-refractivity contribution in [3.8, 4) is 0 Å². The van der Waals surface area contributed by atoms with E-state index in [0.29, 0.717) is 12.8 Å². The predicted molar refractivity (Wildman–Crippen MR) is 105 cm³/mol. The van der Waals surface area contributed by atoms with Crippen LogP contribution in [0.3, 0.4) is 0 Å². The number of pyridine rings is 1. The van der Waals surface area contributed by atoms with Crippen molar-refractivity contribution in [1.29, 1.82) is 0 Å². The van der Waals surface area contributed by atoms with E-state index in [0.717, 1.165) is 44.8 Å². The molecule has 1 N–H and O–H groups in total. The zero-order chi connectivity index (χ0) is 18.7. The Balaban J connectivity index is 1.66. The standard InChI is InChI=1S/C19H23N5OS/c1-5-26-19-9-6-15(11-20-19)22-18(25)8-7-16-13(3)21-17-10-12(2)23-24(17)14(16)4/h6,9-11H,5,7-8H2,1-4H3,(H,22,25). The maximum absolute atomic E-state index is 12.3. The lowest BCUT2D eigenvalue weighted by Crippen LogP contribution is -2.14. The number of aryl methyl sites for hydroxylation is 3. The summed E-state index contributed by atoms with van der Waals surface area (Å²) >= 11 is 1.68. The van der Waals surface area contributed by atoms with Crippen LogP contribution in [-0.4, -0.2) is 31.2 Å². The van der Waals surface area contributed by atoms with Gasteiger partial charge in [-0.15, -0.1) is 11.8 Å². The predicted octanol–water partition coefficient (Wildman–Crippen LogP) is 3.73. The molecule has 0 spiro atoms. The van der Waals surface area contributed by atoms with Crippen LogP contribution in [0.5, 0.6) is 0 Å². The largest absolute Gasteiger partial charge is 0.325 e. The molecule has 1 amide bonds. The van der Waals surface area contributed by atoms with Gasteiger partial charge in [0.25, 0.3) is 0 Å². The van der Waals surface area contributed by atoms with Gasteiger partial charge in [0.1, 0.15) is 0 Å². The molecule has 6 nitrogen and oxygen atoms in total. The SMILES string of the molecule is CCSc1ccc(NC(=O)CCc2c(C)nc3cc(C)nn3c2C)cn1. The quantitative estimate of drug-likeness (QED) is 0.670. The molecule has 26 heavy (non-hydrogen) atoms. The van der Waals surface area contributed by atoms with Gasteiger partial charge in [-0.25, -0.2) is 14.5 Å². The Morgan fingerprint density at radius 1 is 1.27 bits per heavy atom. The topological polar surface area (TPSA) is 72.2 Å². The summed E-state index contributed by atoms with van der Waals surface area (Å²) in [5.41, 5.74) is 5.57. The first kappa shape index (κ1) is 18.4. The Kier molecular flexibility index (Phi) is 5.56. The molecule has 136 valence electrons. The number of nitrogens with one attached hydrogen (secondary N) is 1. The average Bonchev–Trinajstić information content (AvgIpc) is 2.97. The molecule has 7 heteroatoms. The zero-order valence-corrected chi connectivity index (χ0v) is 16.4. The number of anilines is 1. The van der Waals surface area contributed by atoms with Crippen LogP contribution in [0.2, 0.25) is 0 Å². The van der Waals surface area contributed by atoms with Gasteiger partial charge in [-0.3, -0.25) is 4.79 Å². The molecule has 0 atom stereocenters. The third-order valence-electron chi connectivity index (χ3n) is 4.20. The molecule has 0 unspecified atom stereocenters. The van der Waals surface area contributed by atoms with Gasteiger partial charge >= 0.3 is 0 Å². The lowest BCUT2D eigenvalue weighted by atomic mass is 10.1. The summed E-state index contributed by atoms with van der Waals surface area (Å²) in [6.07, 6.45) is 2.72. The van der Waals surface area contributed by atoms with Crippen molar-refractivity contribution in [2.24, 2.45) is 0 Å². The molecular weight excluding hydrogens is 346 g/mol. The first-order valence-electron chi connectivity index (χ1n) is 8.69. The third-order valence-corrected chi connectivity index (χ3v) is 5.03. The summed E-state index contributed by atoms with van der Waals surface area (Å²) in [4.78, 5) is 21.2. The third kappa shape index (κ3) is 4.04. The van der Waals surface area contributed by atoms with Crippen LogP contribution in [-0.2, 0) is 11.2 Å². The fraction of sp³-hybridized carbons (Fsp3) is 0.368. The number of fused-ring (bicyclic) bond motifs is 1. The van der Waals surface area contributed by atoms with Crippen molar-refractivity contribution >= 4 is 29.0 Å². The molecule has 0 saturated carbocycles. The van der Waals surface area contributed by atoms with Gasteiger partial charge in [-0.05, 0) is 50.6 Å². The fourth-order valence-electron chi connectivity index (χ4n) is 2.95. The molecule has 3 rings (SSSR count). The second-order valence-electron chi connectivity index (χ2n) is 6.18. The number of carbonyl (C=O) groups excluding carboxylic acids is 1. The monoisotopic (exact) mass is 369 g/mol. The Morgan fingerprint density at radius 3 is 2.77 bits per heavy atom. The van der Waals surface area contributed by atoms with Gasteiger partial charge in [-0.1, -0.05) is 6.92 Å². The average molecular weight is 369 g/mol. The number of hydrogen-bond acceptors (Lipinski definition) is 5. The van der Waals surface area contributed by atoms with Crippen LogP contribution in [0.4, 0.5) is 5.69 Å². The van der Waals surface area contributed by atoms with Crippen molar-refractivity contribution in [2.75, 3.05) is 11.1 Å². The molecule has 0 bridgehead atoms. The number of hydrogen-bond donors (Lipinski definition) is 1. The molecule has 0 saturated heterocycles. The highest BCUT2D eigenvalue weighted by Gasteiger charge is 2.13. The Labute approximate surface area is 157 Å². The molecule has 0 aliphatic heterocycles. The minimum atomic E-state index is -0.0294. The molecule has 3 heterocycles. The van der Waals surface area contributed by atoms with Crippen LogP contribution in [0, 0.1) is 20.8 Å². The molecule has 0 aromatic carbocycles. The van der Waals surface area contributed by atoms with Crippen molar-refractivity contribution in [1.82, 2.24) is 19.6 Å². The number of aromatic nitrogens is 4. The second kappa shape index (κ2) is 7.86. The highest BCUT2D eigenvalue weighted by Crippen LogP contribution is 2.19. The Hall–Kier alpha value is -2.41. The van der Waals surface area contributed by atoms with E-state index in [2.05, 4.69) is 27.3 Å². The van der Waals surface area contributed by atoms with E-state index in [9.17, 15) is 4.79 Å². The minimum absolute atomic E-state index is 0.0294. The van der Waals surface area contributed by atoms with Gasteiger partial charge in [0.05, 0.1) is 22.6 Å².